The summed E-state index contributed by atoms with van der Waals surface area (Å²) in [5.74, 6) is -1.49. The molecule has 0 radical (unpaired) electrons. The molecule has 27 heavy (non-hydrogen) atoms. The van der Waals surface area contributed by atoms with Gasteiger partial charge in [0.2, 0.25) is 10.0 Å². The van der Waals surface area contributed by atoms with Crippen LogP contribution in [0.4, 0.5) is 17.1 Å². The smallest absolute Gasteiger partial charge is 0.314 e. The van der Waals surface area contributed by atoms with Crippen LogP contribution in [0, 0.1) is 13.8 Å². The molecule has 1 saturated heterocycles. The van der Waals surface area contributed by atoms with Crippen LogP contribution in [0.1, 0.15) is 17.5 Å². The van der Waals surface area contributed by atoms with Crippen LogP contribution in [0.5, 0.6) is 0 Å². The third-order valence-electron chi connectivity index (χ3n) is 4.42. The SMILES string of the molecule is Cc1cccc(C)c1NC(=O)C(=O)Nc1cccc(N2CCCS2(=O)=O)c1. The summed E-state index contributed by atoms with van der Waals surface area (Å²) >= 11 is 0. The van der Waals surface area contributed by atoms with E-state index in [4.69, 9.17) is 0 Å². The van der Waals surface area contributed by atoms with E-state index in [9.17, 15) is 18.0 Å². The predicted octanol–water partition coefficient (Wildman–Crippen LogP) is 2.42. The quantitative estimate of drug-likeness (QED) is 0.791. The van der Waals surface area contributed by atoms with Gasteiger partial charge in [0.15, 0.2) is 0 Å². The van der Waals surface area contributed by atoms with Gasteiger partial charge in [-0.1, -0.05) is 24.3 Å². The van der Waals surface area contributed by atoms with Crippen LogP contribution >= 0.6 is 0 Å². The number of carbonyl (C=O) groups is 2. The molecular formula is C19H21N3O4S. The molecule has 1 fully saturated rings. The number of anilines is 3. The molecule has 0 spiro atoms. The standard InChI is InChI=1S/C19H21N3O4S/c1-13-6-3-7-14(2)17(13)21-19(24)18(23)20-15-8-4-9-16(12-15)22-10-5-11-27(22,25)26/h3-4,6-9,12H,5,10-11H2,1-2H3,(H,20,23)(H,21,24). The van der Waals surface area contributed by atoms with Gasteiger partial charge in [-0.25, -0.2) is 8.42 Å². The molecule has 2 aromatic rings. The van der Waals surface area contributed by atoms with Gasteiger partial charge in [-0.2, -0.15) is 0 Å². The summed E-state index contributed by atoms with van der Waals surface area (Å²) in [6.07, 6.45) is 0.567. The van der Waals surface area contributed by atoms with E-state index in [1.807, 2.05) is 32.0 Å². The van der Waals surface area contributed by atoms with Crippen LogP contribution in [0.25, 0.3) is 0 Å². The number of para-hydroxylation sites is 1. The molecule has 3 rings (SSSR count). The Labute approximate surface area is 158 Å². The zero-order valence-corrected chi connectivity index (χ0v) is 16.0. The van der Waals surface area contributed by atoms with Crippen LogP contribution in [-0.4, -0.2) is 32.5 Å². The summed E-state index contributed by atoms with van der Waals surface area (Å²) in [5, 5.41) is 5.14. The molecule has 7 nitrogen and oxygen atoms in total. The first-order valence-electron chi connectivity index (χ1n) is 8.57. The molecule has 0 aromatic heterocycles. The number of hydrogen-bond donors (Lipinski definition) is 2. The Morgan fingerprint density at radius 3 is 2.22 bits per heavy atom. The minimum Gasteiger partial charge on any atom is -0.318 e. The second-order valence-corrected chi connectivity index (χ2v) is 8.48. The monoisotopic (exact) mass is 387 g/mol. The van der Waals surface area contributed by atoms with E-state index in [-0.39, 0.29) is 5.75 Å². The average Bonchev–Trinajstić information content (AvgIpc) is 2.97. The van der Waals surface area contributed by atoms with Crippen LogP contribution in [-0.2, 0) is 19.6 Å². The van der Waals surface area contributed by atoms with Gasteiger partial charge < -0.3 is 10.6 Å². The fourth-order valence-corrected chi connectivity index (χ4v) is 4.59. The van der Waals surface area contributed by atoms with Crippen molar-refractivity contribution in [3.8, 4) is 0 Å². The third kappa shape index (κ3) is 4.11. The molecule has 142 valence electrons. The summed E-state index contributed by atoms with van der Waals surface area (Å²) in [7, 11) is -3.31. The number of hydrogen-bond acceptors (Lipinski definition) is 4. The summed E-state index contributed by atoms with van der Waals surface area (Å²) < 4.78 is 25.4. The van der Waals surface area contributed by atoms with Crippen molar-refractivity contribution < 1.29 is 18.0 Å². The van der Waals surface area contributed by atoms with Gasteiger partial charge in [-0.15, -0.1) is 0 Å². The van der Waals surface area contributed by atoms with Gasteiger partial charge >= 0.3 is 11.8 Å². The third-order valence-corrected chi connectivity index (χ3v) is 6.29. The maximum absolute atomic E-state index is 12.2. The normalized spacial score (nSPS) is 15.4. The first-order chi connectivity index (χ1) is 12.8. The van der Waals surface area contributed by atoms with Crippen molar-refractivity contribution in [3.63, 3.8) is 0 Å². The number of sulfonamides is 1. The molecule has 1 aliphatic rings. The number of benzene rings is 2. The van der Waals surface area contributed by atoms with E-state index in [0.717, 1.165) is 11.1 Å². The highest BCUT2D eigenvalue weighted by atomic mass is 32.2. The molecule has 0 aliphatic carbocycles. The molecule has 1 heterocycles. The molecule has 2 aromatic carbocycles. The Hall–Kier alpha value is -2.87. The first kappa shape index (κ1) is 18.9. The lowest BCUT2D eigenvalue weighted by atomic mass is 10.1. The van der Waals surface area contributed by atoms with E-state index < -0.39 is 21.8 Å². The van der Waals surface area contributed by atoms with Crippen molar-refractivity contribution in [1.82, 2.24) is 0 Å². The fraction of sp³-hybridized carbons (Fsp3) is 0.263. The van der Waals surface area contributed by atoms with Gasteiger partial charge in [-0.3, -0.25) is 13.9 Å². The predicted molar refractivity (Wildman–Crippen MR) is 105 cm³/mol. The minimum absolute atomic E-state index is 0.113. The second kappa shape index (κ2) is 7.40. The zero-order valence-electron chi connectivity index (χ0n) is 15.2. The van der Waals surface area contributed by atoms with E-state index in [0.29, 0.717) is 30.0 Å². The van der Waals surface area contributed by atoms with Crippen LogP contribution in [0.2, 0.25) is 0 Å². The van der Waals surface area contributed by atoms with Gasteiger partial charge in [0.05, 0.1) is 11.4 Å². The van der Waals surface area contributed by atoms with Gasteiger partial charge in [0.1, 0.15) is 0 Å². The lowest BCUT2D eigenvalue weighted by Crippen LogP contribution is -2.30. The maximum atomic E-state index is 12.2. The highest BCUT2D eigenvalue weighted by molar-refractivity contribution is 7.93. The van der Waals surface area contributed by atoms with Crippen LogP contribution in [0.15, 0.2) is 42.5 Å². The summed E-state index contributed by atoms with van der Waals surface area (Å²) in [4.78, 5) is 24.5. The first-order valence-corrected chi connectivity index (χ1v) is 10.2. The Morgan fingerprint density at radius 1 is 0.963 bits per heavy atom. The highest BCUT2D eigenvalue weighted by Crippen LogP contribution is 2.26. The van der Waals surface area contributed by atoms with Crippen molar-refractivity contribution in [2.24, 2.45) is 0 Å². The zero-order chi connectivity index (χ0) is 19.6. The lowest BCUT2D eigenvalue weighted by Gasteiger charge is -2.18. The van der Waals surface area contributed by atoms with Crippen LogP contribution < -0.4 is 14.9 Å². The fourth-order valence-electron chi connectivity index (χ4n) is 3.04. The summed E-state index contributed by atoms with van der Waals surface area (Å²) in [5.41, 5.74) is 3.15. The molecule has 0 saturated carbocycles. The number of rotatable bonds is 3. The van der Waals surface area contributed by atoms with E-state index in [1.165, 1.54) is 4.31 Å². The molecule has 8 heteroatoms. The molecule has 2 amide bonds. The summed E-state index contributed by atoms with van der Waals surface area (Å²) in [6, 6.07) is 12.0. The molecular weight excluding hydrogens is 366 g/mol. The van der Waals surface area contributed by atoms with Crippen LogP contribution in [0.3, 0.4) is 0 Å². The molecule has 2 N–H and O–H groups in total. The van der Waals surface area contributed by atoms with Crippen molar-refractivity contribution >= 4 is 38.9 Å². The Morgan fingerprint density at radius 2 is 1.59 bits per heavy atom. The van der Waals surface area contributed by atoms with Crippen molar-refractivity contribution in [2.45, 2.75) is 20.3 Å². The Balaban J connectivity index is 1.73. The number of nitrogens with zero attached hydrogens (tertiary/aromatic N) is 1. The van der Waals surface area contributed by atoms with Crippen molar-refractivity contribution in [1.29, 1.82) is 0 Å². The molecule has 0 atom stereocenters. The van der Waals surface area contributed by atoms with Gasteiger partial charge in [-0.05, 0) is 49.6 Å². The van der Waals surface area contributed by atoms with E-state index >= 15 is 0 Å². The molecule has 0 bridgehead atoms. The lowest BCUT2D eigenvalue weighted by molar-refractivity contribution is -0.133. The number of amides is 2. The largest absolute Gasteiger partial charge is 0.318 e. The molecule has 1 aliphatic heterocycles. The molecule has 0 unspecified atom stereocenters. The van der Waals surface area contributed by atoms with E-state index in [1.54, 1.807) is 24.3 Å². The van der Waals surface area contributed by atoms with Gasteiger partial charge in [0, 0.05) is 17.9 Å². The highest BCUT2D eigenvalue weighted by Gasteiger charge is 2.28. The minimum atomic E-state index is -3.31. The summed E-state index contributed by atoms with van der Waals surface area (Å²) in [6.45, 7) is 4.10. The second-order valence-electron chi connectivity index (χ2n) is 6.47. The topological polar surface area (TPSA) is 95.6 Å². The van der Waals surface area contributed by atoms with E-state index in [2.05, 4.69) is 10.6 Å². The van der Waals surface area contributed by atoms with Gasteiger partial charge in [0.25, 0.3) is 0 Å². The number of carbonyl (C=O) groups excluding carboxylic acids is 2. The number of aryl methyl sites for hydroxylation is 2. The number of nitrogens with one attached hydrogen (secondary N) is 2. The maximum Gasteiger partial charge on any atom is 0.314 e. The Kier molecular flexibility index (Phi) is 5.18. The van der Waals surface area contributed by atoms with Crippen molar-refractivity contribution in [3.05, 3.63) is 53.6 Å². The average molecular weight is 387 g/mol. The Bertz CT molecular complexity index is 982. The van der Waals surface area contributed by atoms with Crippen molar-refractivity contribution in [2.75, 3.05) is 27.2 Å².